The van der Waals surface area contributed by atoms with Crippen molar-refractivity contribution < 1.29 is 0 Å². The fourth-order valence-electron chi connectivity index (χ4n) is 2.40. The molecule has 2 heterocycles. The minimum absolute atomic E-state index is 0.765. The highest BCUT2D eigenvalue weighted by atomic mass is 15.3. The molecule has 0 radical (unpaired) electrons. The maximum absolute atomic E-state index is 6.07. The van der Waals surface area contributed by atoms with Crippen LogP contribution in [0.5, 0.6) is 0 Å². The van der Waals surface area contributed by atoms with E-state index in [-0.39, 0.29) is 0 Å². The van der Waals surface area contributed by atoms with Crippen LogP contribution in [-0.2, 0) is 20.0 Å². The van der Waals surface area contributed by atoms with Gasteiger partial charge in [-0.25, -0.2) is 0 Å². The van der Waals surface area contributed by atoms with E-state index < -0.39 is 0 Å². The van der Waals surface area contributed by atoms with E-state index in [4.69, 9.17) is 5.73 Å². The third kappa shape index (κ3) is 2.95. The summed E-state index contributed by atoms with van der Waals surface area (Å²) < 4.78 is 3.86. The molecule has 0 fully saturated rings. The van der Waals surface area contributed by atoms with Crippen LogP contribution in [0.1, 0.15) is 30.4 Å². The zero-order valence-electron chi connectivity index (χ0n) is 12.8. The highest BCUT2D eigenvalue weighted by Crippen LogP contribution is 2.22. The van der Waals surface area contributed by atoms with Crippen molar-refractivity contribution in [2.75, 3.05) is 17.6 Å². The van der Waals surface area contributed by atoms with E-state index in [2.05, 4.69) is 35.4 Å². The molecule has 2 rings (SSSR count). The molecule has 2 aromatic rings. The second-order valence-electron chi connectivity index (χ2n) is 5.12. The molecule has 0 amide bonds. The van der Waals surface area contributed by atoms with Crippen LogP contribution < -0.4 is 11.1 Å². The Morgan fingerprint density at radius 2 is 2.05 bits per heavy atom. The van der Waals surface area contributed by atoms with Crippen LogP contribution in [0.3, 0.4) is 0 Å². The third-order valence-electron chi connectivity index (χ3n) is 3.44. The molecule has 2 aromatic heterocycles. The lowest BCUT2D eigenvalue weighted by atomic mass is 10.3. The Hall–Kier alpha value is -1.98. The largest absolute Gasteiger partial charge is 0.394 e. The van der Waals surface area contributed by atoms with Gasteiger partial charge in [0.25, 0.3) is 0 Å². The van der Waals surface area contributed by atoms with Crippen LogP contribution >= 0.6 is 0 Å². The Morgan fingerprint density at radius 1 is 1.30 bits per heavy atom. The molecular weight excluding hydrogens is 252 g/mol. The summed E-state index contributed by atoms with van der Waals surface area (Å²) >= 11 is 0. The molecule has 0 saturated heterocycles. The first-order valence-corrected chi connectivity index (χ1v) is 7.09. The summed E-state index contributed by atoms with van der Waals surface area (Å²) in [6, 6.07) is 2.10. The molecule has 0 atom stereocenters. The normalized spacial score (nSPS) is 11.0. The molecular formula is C14H24N6. The van der Waals surface area contributed by atoms with Gasteiger partial charge in [-0.3, -0.25) is 9.36 Å². The van der Waals surface area contributed by atoms with Crippen LogP contribution in [0.15, 0.2) is 6.07 Å². The Kier molecular flexibility index (Phi) is 4.32. The molecule has 0 aliphatic carbocycles. The molecule has 0 bridgehead atoms. The minimum atomic E-state index is 0.765. The Bertz CT molecular complexity index is 581. The maximum atomic E-state index is 6.07. The molecule has 20 heavy (non-hydrogen) atoms. The van der Waals surface area contributed by atoms with Crippen LogP contribution in [0.2, 0.25) is 0 Å². The molecule has 3 N–H and O–H groups in total. The lowest BCUT2D eigenvalue weighted by molar-refractivity contribution is 0.572. The number of anilines is 2. The minimum Gasteiger partial charge on any atom is -0.394 e. The number of nitrogen functional groups attached to an aromatic ring is 1. The topological polar surface area (TPSA) is 73.7 Å². The molecule has 0 aliphatic heterocycles. The van der Waals surface area contributed by atoms with Crippen molar-refractivity contribution in [1.82, 2.24) is 19.6 Å². The summed E-state index contributed by atoms with van der Waals surface area (Å²) in [7, 11) is 1.92. The van der Waals surface area contributed by atoms with E-state index in [1.165, 1.54) is 5.69 Å². The van der Waals surface area contributed by atoms with Gasteiger partial charge in [-0.1, -0.05) is 6.92 Å². The predicted octanol–water partition coefficient (Wildman–Crippen LogP) is 1.88. The summed E-state index contributed by atoms with van der Waals surface area (Å²) in [6.45, 7) is 7.92. The number of nitrogens with zero attached hydrogens (tertiary/aromatic N) is 4. The van der Waals surface area contributed by atoms with Gasteiger partial charge < -0.3 is 11.1 Å². The molecule has 0 aliphatic rings. The van der Waals surface area contributed by atoms with Crippen molar-refractivity contribution >= 4 is 11.5 Å². The van der Waals surface area contributed by atoms with Gasteiger partial charge in [0.05, 0.1) is 17.1 Å². The Morgan fingerprint density at radius 3 is 2.60 bits per heavy atom. The molecule has 0 aromatic carbocycles. The first kappa shape index (κ1) is 14.4. The first-order chi connectivity index (χ1) is 9.52. The molecule has 0 saturated carbocycles. The zero-order chi connectivity index (χ0) is 14.7. The van der Waals surface area contributed by atoms with Gasteiger partial charge in [-0.05, 0) is 32.8 Å². The van der Waals surface area contributed by atoms with Crippen molar-refractivity contribution in [3.8, 4) is 0 Å². The predicted molar refractivity (Wildman–Crippen MR) is 81.8 cm³/mol. The second kappa shape index (κ2) is 5.98. The highest BCUT2D eigenvalue weighted by Gasteiger charge is 2.10. The molecule has 110 valence electrons. The van der Waals surface area contributed by atoms with Crippen molar-refractivity contribution in [1.29, 1.82) is 0 Å². The molecule has 6 nitrogen and oxygen atoms in total. The molecule has 0 unspecified atom stereocenters. The van der Waals surface area contributed by atoms with Gasteiger partial charge in [0.1, 0.15) is 5.82 Å². The fourth-order valence-corrected chi connectivity index (χ4v) is 2.40. The van der Waals surface area contributed by atoms with Gasteiger partial charge in [0.2, 0.25) is 0 Å². The number of nitrogens with two attached hydrogens (primary N) is 1. The lowest BCUT2D eigenvalue weighted by Crippen LogP contribution is -2.11. The van der Waals surface area contributed by atoms with E-state index in [1.54, 1.807) is 0 Å². The van der Waals surface area contributed by atoms with Gasteiger partial charge in [-0.15, -0.1) is 0 Å². The SMILES string of the molecule is CCc1nn(C)c(NCCCn2nc(C)cc2C)c1N. The third-order valence-corrected chi connectivity index (χ3v) is 3.44. The van der Waals surface area contributed by atoms with E-state index in [9.17, 15) is 0 Å². The number of nitrogens with one attached hydrogen (secondary N) is 1. The van der Waals surface area contributed by atoms with Crippen LogP contribution in [-0.4, -0.2) is 26.1 Å². The Balaban J connectivity index is 1.87. The standard InChI is InChI=1S/C14H24N6/c1-5-12-13(15)14(19(4)18-12)16-7-6-8-20-11(3)9-10(2)17-20/h9,16H,5-8,15H2,1-4H3. The van der Waals surface area contributed by atoms with Gasteiger partial charge >= 0.3 is 0 Å². The van der Waals surface area contributed by atoms with E-state index >= 15 is 0 Å². The average Bonchev–Trinajstić information content (AvgIpc) is 2.86. The van der Waals surface area contributed by atoms with Crippen molar-refractivity contribution in [3.05, 3.63) is 23.1 Å². The molecule has 6 heteroatoms. The van der Waals surface area contributed by atoms with Crippen molar-refractivity contribution in [2.45, 2.75) is 40.2 Å². The zero-order valence-corrected chi connectivity index (χ0v) is 12.8. The van der Waals surface area contributed by atoms with Gasteiger partial charge in [0, 0.05) is 25.8 Å². The number of aryl methyl sites for hydroxylation is 5. The van der Waals surface area contributed by atoms with E-state index in [0.717, 1.165) is 48.8 Å². The van der Waals surface area contributed by atoms with Crippen LogP contribution in [0.4, 0.5) is 11.5 Å². The number of hydrogen-bond donors (Lipinski definition) is 2. The molecule has 0 spiro atoms. The number of hydrogen-bond acceptors (Lipinski definition) is 4. The number of aromatic nitrogens is 4. The van der Waals surface area contributed by atoms with Crippen LogP contribution in [0.25, 0.3) is 0 Å². The van der Waals surface area contributed by atoms with E-state index in [1.807, 2.05) is 23.3 Å². The summed E-state index contributed by atoms with van der Waals surface area (Å²) in [5, 5.41) is 12.2. The summed E-state index contributed by atoms with van der Waals surface area (Å²) in [5.41, 5.74) is 10.1. The van der Waals surface area contributed by atoms with Gasteiger partial charge in [-0.2, -0.15) is 10.2 Å². The van der Waals surface area contributed by atoms with Crippen molar-refractivity contribution in [2.24, 2.45) is 7.05 Å². The van der Waals surface area contributed by atoms with E-state index in [0.29, 0.717) is 0 Å². The van der Waals surface area contributed by atoms with Crippen molar-refractivity contribution in [3.63, 3.8) is 0 Å². The quantitative estimate of drug-likeness (QED) is 0.790. The second-order valence-corrected chi connectivity index (χ2v) is 5.12. The summed E-state index contributed by atoms with van der Waals surface area (Å²) in [4.78, 5) is 0. The highest BCUT2D eigenvalue weighted by molar-refractivity contribution is 5.64. The monoisotopic (exact) mass is 276 g/mol. The van der Waals surface area contributed by atoms with Crippen LogP contribution in [0, 0.1) is 13.8 Å². The number of rotatable bonds is 6. The fraction of sp³-hybridized carbons (Fsp3) is 0.571. The average molecular weight is 276 g/mol. The smallest absolute Gasteiger partial charge is 0.147 e. The maximum Gasteiger partial charge on any atom is 0.147 e. The summed E-state index contributed by atoms with van der Waals surface area (Å²) in [5.74, 6) is 0.912. The first-order valence-electron chi connectivity index (χ1n) is 7.09. The van der Waals surface area contributed by atoms with Gasteiger partial charge in [0.15, 0.2) is 0 Å². The Labute approximate surface area is 120 Å². The summed E-state index contributed by atoms with van der Waals surface area (Å²) in [6.07, 6.45) is 1.85. The lowest BCUT2D eigenvalue weighted by Gasteiger charge is -2.08.